The predicted octanol–water partition coefficient (Wildman–Crippen LogP) is 1.81. The van der Waals surface area contributed by atoms with Crippen LogP contribution in [0.3, 0.4) is 0 Å². The van der Waals surface area contributed by atoms with Gasteiger partial charge in [-0.15, -0.1) is 0 Å². The highest BCUT2D eigenvalue weighted by Gasteiger charge is 2.16. The second-order valence-electron chi connectivity index (χ2n) is 4.72. The third-order valence-corrected chi connectivity index (χ3v) is 3.40. The molecule has 0 radical (unpaired) electrons. The molecule has 1 saturated heterocycles. The number of rotatable bonds is 3. The molecule has 0 aromatic heterocycles. The van der Waals surface area contributed by atoms with Crippen LogP contribution >= 0.6 is 0 Å². The molecule has 0 amide bonds. The second kappa shape index (κ2) is 5.74. The number of nitriles is 1. The van der Waals surface area contributed by atoms with Gasteiger partial charge in [0.25, 0.3) is 0 Å². The lowest BCUT2D eigenvalue weighted by molar-refractivity contribution is 0.365. The van der Waals surface area contributed by atoms with Crippen molar-refractivity contribution in [2.45, 2.75) is 19.3 Å². The average Bonchev–Trinajstić information content (AvgIpc) is 2.41. The Morgan fingerprint density at radius 2 is 2.39 bits per heavy atom. The van der Waals surface area contributed by atoms with Gasteiger partial charge in [0, 0.05) is 0 Å². The molecule has 0 aliphatic carbocycles. The number of benzene rings is 1. The molecule has 1 fully saturated rings. The first-order valence-corrected chi connectivity index (χ1v) is 6.25. The van der Waals surface area contributed by atoms with E-state index in [1.807, 2.05) is 12.1 Å². The van der Waals surface area contributed by atoms with Crippen molar-refractivity contribution in [1.82, 2.24) is 5.32 Å². The van der Waals surface area contributed by atoms with E-state index >= 15 is 0 Å². The highest BCUT2D eigenvalue weighted by Crippen LogP contribution is 2.32. The summed E-state index contributed by atoms with van der Waals surface area (Å²) < 4.78 is 5.10. The van der Waals surface area contributed by atoms with E-state index in [9.17, 15) is 5.11 Å². The zero-order valence-corrected chi connectivity index (χ0v) is 10.6. The van der Waals surface area contributed by atoms with Gasteiger partial charge in [0.2, 0.25) is 0 Å². The van der Waals surface area contributed by atoms with Gasteiger partial charge in [0.05, 0.1) is 12.7 Å². The maximum atomic E-state index is 9.76. The summed E-state index contributed by atoms with van der Waals surface area (Å²) in [5.41, 5.74) is 1.34. The van der Waals surface area contributed by atoms with E-state index in [4.69, 9.17) is 10.00 Å². The fourth-order valence-corrected chi connectivity index (χ4v) is 2.46. The second-order valence-corrected chi connectivity index (χ2v) is 4.72. The Morgan fingerprint density at radius 1 is 1.56 bits per heavy atom. The fraction of sp³-hybridized carbons (Fsp3) is 0.500. The summed E-state index contributed by atoms with van der Waals surface area (Å²) >= 11 is 0. The van der Waals surface area contributed by atoms with Crippen LogP contribution in [0.5, 0.6) is 11.5 Å². The smallest absolute Gasteiger partial charge is 0.175 e. The Hall–Kier alpha value is -1.73. The number of ether oxygens (including phenoxy) is 1. The molecule has 4 heteroatoms. The van der Waals surface area contributed by atoms with Crippen LogP contribution < -0.4 is 10.1 Å². The first kappa shape index (κ1) is 12.7. The van der Waals surface area contributed by atoms with E-state index in [0.29, 0.717) is 11.7 Å². The number of aromatic hydroxyl groups is 1. The maximum Gasteiger partial charge on any atom is 0.175 e. The highest BCUT2D eigenvalue weighted by atomic mass is 16.5. The van der Waals surface area contributed by atoms with Gasteiger partial charge in [-0.3, -0.25) is 0 Å². The van der Waals surface area contributed by atoms with Crippen LogP contribution in [0.1, 0.15) is 24.0 Å². The van der Waals surface area contributed by atoms with E-state index < -0.39 is 0 Å². The van der Waals surface area contributed by atoms with Gasteiger partial charge in [-0.05, 0) is 56.0 Å². The monoisotopic (exact) mass is 246 g/mol. The van der Waals surface area contributed by atoms with Gasteiger partial charge < -0.3 is 15.2 Å². The lowest BCUT2D eigenvalue weighted by atomic mass is 9.91. The summed E-state index contributed by atoms with van der Waals surface area (Å²) in [6.07, 6.45) is 3.32. The van der Waals surface area contributed by atoms with Crippen molar-refractivity contribution in [2.75, 3.05) is 20.2 Å². The first-order chi connectivity index (χ1) is 8.74. The summed E-state index contributed by atoms with van der Waals surface area (Å²) in [6, 6.07) is 5.58. The Morgan fingerprint density at radius 3 is 3.00 bits per heavy atom. The summed E-state index contributed by atoms with van der Waals surface area (Å²) in [5, 5.41) is 22.1. The van der Waals surface area contributed by atoms with E-state index in [0.717, 1.165) is 25.1 Å². The minimum atomic E-state index is -0.0643. The Kier molecular flexibility index (Phi) is 4.06. The van der Waals surface area contributed by atoms with Crippen LogP contribution in [0.4, 0.5) is 0 Å². The number of nitrogens with zero attached hydrogens (tertiary/aromatic N) is 1. The number of phenols is 1. The third-order valence-electron chi connectivity index (χ3n) is 3.40. The number of hydrogen-bond donors (Lipinski definition) is 2. The summed E-state index contributed by atoms with van der Waals surface area (Å²) in [5.74, 6) is 0.915. The Balaban J connectivity index is 2.19. The maximum absolute atomic E-state index is 9.76. The number of phenolic OH excluding ortho intramolecular Hbond substituents is 1. The van der Waals surface area contributed by atoms with Crippen LogP contribution in [-0.2, 0) is 6.42 Å². The van der Waals surface area contributed by atoms with Gasteiger partial charge >= 0.3 is 0 Å². The Bertz CT molecular complexity index is 460. The van der Waals surface area contributed by atoms with Gasteiger partial charge in [0.1, 0.15) is 6.07 Å². The van der Waals surface area contributed by atoms with Crippen molar-refractivity contribution in [3.05, 3.63) is 23.3 Å². The van der Waals surface area contributed by atoms with Gasteiger partial charge in [-0.1, -0.05) is 0 Å². The lowest BCUT2D eigenvalue weighted by Gasteiger charge is -2.23. The summed E-state index contributed by atoms with van der Waals surface area (Å²) in [7, 11) is 1.50. The third kappa shape index (κ3) is 2.74. The average molecular weight is 246 g/mol. The van der Waals surface area contributed by atoms with E-state index in [-0.39, 0.29) is 11.3 Å². The molecule has 2 rings (SSSR count). The molecule has 0 spiro atoms. The quantitative estimate of drug-likeness (QED) is 0.853. The van der Waals surface area contributed by atoms with Crippen molar-refractivity contribution < 1.29 is 9.84 Å². The largest absolute Gasteiger partial charge is 0.503 e. The molecule has 0 bridgehead atoms. The van der Waals surface area contributed by atoms with E-state index in [2.05, 4.69) is 5.32 Å². The molecule has 1 aromatic carbocycles. The van der Waals surface area contributed by atoms with Crippen LogP contribution in [0, 0.1) is 17.2 Å². The highest BCUT2D eigenvalue weighted by molar-refractivity contribution is 5.53. The van der Waals surface area contributed by atoms with Crippen LogP contribution in [0.2, 0.25) is 0 Å². The molecule has 1 unspecified atom stereocenters. The van der Waals surface area contributed by atoms with Gasteiger partial charge in [-0.2, -0.15) is 5.26 Å². The molecule has 1 heterocycles. The van der Waals surface area contributed by atoms with Crippen molar-refractivity contribution in [3.8, 4) is 17.6 Å². The topological polar surface area (TPSA) is 65.3 Å². The minimum Gasteiger partial charge on any atom is -0.503 e. The summed E-state index contributed by atoms with van der Waals surface area (Å²) in [4.78, 5) is 0. The van der Waals surface area contributed by atoms with Crippen molar-refractivity contribution >= 4 is 0 Å². The Labute approximate surface area is 107 Å². The minimum absolute atomic E-state index is 0.0643. The molecule has 0 saturated carbocycles. The molecular weight excluding hydrogens is 228 g/mol. The molecule has 1 atom stereocenters. The number of piperidine rings is 1. The predicted molar refractivity (Wildman–Crippen MR) is 68.7 cm³/mol. The molecule has 18 heavy (non-hydrogen) atoms. The molecule has 1 aliphatic rings. The SMILES string of the molecule is COc1cc(CC2CCCNC2)cc(C#N)c1O. The standard InChI is InChI=1S/C14H18N2O2/c1-18-13-7-11(6-12(8-15)14(13)17)5-10-3-2-4-16-9-10/h6-7,10,16-17H,2-5,9H2,1H3. The lowest BCUT2D eigenvalue weighted by Crippen LogP contribution is -2.30. The van der Waals surface area contributed by atoms with Crippen molar-refractivity contribution in [1.29, 1.82) is 5.26 Å². The van der Waals surface area contributed by atoms with Crippen LogP contribution in [0.15, 0.2) is 12.1 Å². The van der Waals surface area contributed by atoms with E-state index in [1.54, 1.807) is 6.07 Å². The molecule has 2 N–H and O–H groups in total. The summed E-state index contributed by atoms with van der Waals surface area (Å²) in [6.45, 7) is 2.12. The zero-order chi connectivity index (χ0) is 13.0. The molecule has 4 nitrogen and oxygen atoms in total. The zero-order valence-electron chi connectivity index (χ0n) is 10.6. The number of nitrogens with one attached hydrogen (secondary N) is 1. The molecule has 96 valence electrons. The van der Waals surface area contributed by atoms with Crippen LogP contribution in [0.25, 0.3) is 0 Å². The fourth-order valence-electron chi connectivity index (χ4n) is 2.46. The van der Waals surface area contributed by atoms with Crippen molar-refractivity contribution in [3.63, 3.8) is 0 Å². The van der Waals surface area contributed by atoms with Gasteiger partial charge in [0.15, 0.2) is 11.5 Å². The normalized spacial score (nSPS) is 19.2. The molecular formula is C14H18N2O2. The first-order valence-electron chi connectivity index (χ1n) is 6.25. The van der Waals surface area contributed by atoms with E-state index in [1.165, 1.54) is 20.0 Å². The van der Waals surface area contributed by atoms with Crippen LogP contribution in [-0.4, -0.2) is 25.3 Å². The molecule has 1 aliphatic heterocycles. The molecule has 1 aromatic rings. The number of hydrogen-bond acceptors (Lipinski definition) is 4. The van der Waals surface area contributed by atoms with Gasteiger partial charge in [-0.25, -0.2) is 0 Å². The number of methoxy groups -OCH3 is 1. The van der Waals surface area contributed by atoms with Crippen molar-refractivity contribution in [2.24, 2.45) is 5.92 Å².